The first-order chi connectivity index (χ1) is 12.9. The second-order valence-electron chi connectivity index (χ2n) is 6.35. The maximum absolute atomic E-state index is 5.96. The number of anilines is 2. The molecule has 0 aliphatic carbocycles. The fourth-order valence-electron chi connectivity index (χ4n) is 2.92. The van der Waals surface area contributed by atoms with Gasteiger partial charge < -0.3 is 25.4 Å². The molecule has 1 heterocycles. The van der Waals surface area contributed by atoms with Gasteiger partial charge >= 0.3 is 0 Å². The maximum atomic E-state index is 5.96. The van der Waals surface area contributed by atoms with E-state index in [1.807, 2.05) is 36.4 Å². The van der Waals surface area contributed by atoms with E-state index < -0.39 is 0 Å². The Balaban J connectivity index is 1.56. The molecule has 0 amide bonds. The molecule has 0 bridgehead atoms. The number of fused-ring (bicyclic) bond motifs is 2. The van der Waals surface area contributed by atoms with Crippen molar-refractivity contribution in [1.82, 2.24) is 5.32 Å². The summed E-state index contributed by atoms with van der Waals surface area (Å²) in [7, 11) is 0. The van der Waals surface area contributed by atoms with E-state index in [9.17, 15) is 0 Å². The predicted molar refractivity (Wildman–Crippen MR) is 108 cm³/mol. The lowest BCUT2D eigenvalue weighted by Crippen LogP contribution is -2.27. The minimum Gasteiger partial charge on any atom is -0.491 e. The molecule has 5 heteroatoms. The highest BCUT2D eigenvalue weighted by atomic mass is 16.5. The van der Waals surface area contributed by atoms with Gasteiger partial charge in [0.25, 0.3) is 0 Å². The van der Waals surface area contributed by atoms with Gasteiger partial charge in [-0.15, -0.1) is 0 Å². The standard InChI is InChI=1S/C21H29N3O2/c1-6-16-25-20-10-4-2-8-18(20)23-14-12-22-13-15-24-19-9-3-5-11-21(19)26-17-7-1/h2-5,8-11,22-24H,1,6-7,12-17H2. The average molecular weight is 355 g/mol. The smallest absolute Gasteiger partial charge is 0.142 e. The van der Waals surface area contributed by atoms with Gasteiger partial charge in [0, 0.05) is 26.2 Å². The Morgan fingerprint density at radius 1 is 0.577 bits per heavy atom. The summed E-state index contributed by atoms with van der Waals surface area (Å²) in [6.45, 7) is 4.98. The van der Waals surface area contributed by atoms with Crippen molar-refractivity contribution in [2.75, 3.05) is 50.0 Å². The summed E-state index contributed by atoms with van der Waals surface area (Å²) in [6.07, 6.45) is 3.15. The molecule has 0 spiro atoms. The largest absolute Gasteiger partial charge is 0.491 e. The monoisotopic (exact) mass is 355 g/mol. The third-order valence-electron chi connectivity index (χ3n) is 4.31. The zero-order chi connectivity index (χ0) is 17.9. The summed E-state index contributed by atoms with van der Waals surface area (Å²) in [5, 5.41) is 10.4. The van der Waals surface area contributed by atoms with Crippen molar-refractivity contribution in [2.24, 2.45) is 0 Å². The Morgan fingerprint density at radius 2 is 1.08 bits per heavy atom. The van der Waals surface area contributed by atoms with Gasteiger partial charge in [0.1, 0.15) is 11.5 Å². The normalized spacial score (nSPS) is 16.9. The van der Waals surface area contributed by atoms with Gasteiger partial charge in [0.2, 0.25) is 0 Å². The lowest BCUT2D eigenvalue weighted by atomic mass is 10.2. The van der Waals surface area contributed by atoms with Crippen LogP contribution in [0.2, 0.25) is 0 Å². The van der Waals surface area contributed by atoms with E-state index in [4.69, 9.17) is 9.47 Å². The number of rotatable bonds is 0. The Bertz CT molecular complexity index is 552. The number of hydrogen-bond acceptors (Lipinski definition) is 5. The molecule has 0 aromatic heterocycles. The van der Waals surface area contributed by atoms with Gasteiger partial charge in [-0.3, -0.25) is 0 Å². The van der Waals surface area contributed by atoms with Gasteiger partial charge in [-0.25, -0.2) is 0 Å². The molecular weight excluding hydrogens is 326 g/mol. The third-order valence-corrected chi connectivity index (χ3v) is 4.31. The van der Waals surface area contributed by atoms with Gasteiger partial charge in [-0.05, 0) is 43.5 Å². The lowest BCUT2D eigenvalue weighted by molar-refractivity contribution is 0.280. The van der Waals surface area contributed by atoms with Gasteiger partial charge in [0.15, 0.2) is 0 Å². The molecule has 26 heavy (non-hydrogen) atoms. The van der Waals surface area contributed by atoms with E-state index in [2.05, 4.69) is 28.1 Å². The van der Waals surface area contributed by atoms with Crippen LogP contribution in [-0.4, -0.2) is 39.4 Å². The highest BCUT2D eigenvalue weighted by Gasteiger charge is 2.04. The summed E-state index contributed by atoms with van der Waals surface area (Å²) >= 11 is 0. The average Bonchev–Trinajstić information content (AvgIpc) is 2.68. The summed E-state index contributed by atoms with van der Waals surface area (Å²) in [4.78, 5) is 0. The number of ether oxygens (including phenoxy) is 2. The van der Waals surface area contributed by atoms with Crippen LogP contribution in [0.15, 0.2) is 48.5 Å². The zero-order valence-electron chi connectivity index (χ0n) is 15.3. The number of benzene rings is 2. The molecule has 0 saturated carbocycles. The second kappa shape index (κ2) is 10.6. The Morgan fingerprint density at radius 3 is 1.62 bits per heavy atom. The summed E-state index contributed by atoms with van der Waals surface area (Å²) in [5.41, 5.74) is 2.12. The first-order valence-electron chi connectivity index (χ1n) is 9.55. The van der Waals surface area contributed by atoms with E-state index in [1.54, 1.807) is 0 Å². The molecule has 3 rings (SSSR count). The molecule has 1 aliphatic heterocycles. The molecule has 0 unspecified atom stereocenters. The molecule has 2 aromatic rings. The molecule has 140 valence electrons. The van der Waals surface area contributed by atoms with Crippen LogP contribution >= 0.6 is 0 Å². The number of para-hydroxylation sites is 4. The molecule has 3 N–H and O–H groups in total. The SMILES string of the molecule is c1ccc2c(c1)NCCNCCNc1ccccc1OCCCCCO2. The maximum Gasteiger partial charge on any atom is 0.142 e. The molecule has 2 aromatic carbocycles. The Kier molecular flexibility index (Phi) is 7.47. The molecule has 0 radical (unpaired) electrons. The fraction of sp³-hybridized carbons (Fsp3) is 0.429. The first kappa shape index (κ1) is 18.4. The lowest BCUT2D eigenvalue weighted by Gasteiger charge is -2.15. The van der Waals surface area contributed by atoms with Crippen LogP contribution in [-0.2, 0) is 0 Å². The van der Waals surface area contributed by atoms with Crippen LogP contribution in [0.3, 0.4) is 0 Å². The summed E-state index contributed by atoms with van der Waals surface area (Å²) < 4.78 is 11.9. The van der Waals surface area contributed by atoms with Crippen molar-refractivity contribution >= 4 is 11.4 Å². The van der Waals surface area contributed by atoms with Crippen molar-refractivity contribution in [3.05, 3.63) is 48.5 Å². The molecule has 0 fully saturated rings. The Hall–Kier alpha value is -2.40. The number of hydrogen-bond donors (Lipinski definition) is 3. The molecule has 1 aliphatic rings. The van der Waals surface area contributed by atoms with Crippen LogP contribution < -0.4 is 25.4 Å². The van der Waals surface area contributed by atoms with Crippen molar-refractivity contribution in [3.63, 3.8) is 0 Å². The van der Waals surface area contributed by atoms with Crippen molar-refractivity contribution in [1.29, 1.82) is 0 Å². The van der Waals surface area contributed by atoms with Crippen molar-refractivity contribution in [2.45, 2.75) is 19.3 Å². The second-order valence-corrected chi connectivity index (χ2v) is 6.35. The van der Waals surface area contributed by atoms with Crippen LogP contribution in [0.5, 0.6) is 11.5 Å². The highest BCUT2D eigenvalue weighted by molar-refractivity contribution is 5.56. The minimum atomic E-state index is 0.731. The summed E-state index contributed by atoms with van der Waals surface area (Å²) in [6, 6.07) is 16.3. The van der Waals surface area contributed by atoms with E-state index in [0.29, 0.717) is 0 Å². The molecule has 0 saturated heterocycles. The van der Waals surface area contributed by atoms with Crippen LogP contribution in [0.25, 0.3) is 0 Å². The Labute approximate surface area is 156 Å². The van der Waals surface area contributed by atoms with Gasteiger partial charge in [-0.2, -0.15) is 0 Å². The summed E-state index contributed by atoms with van der Waals surface area (Å²) in [5.74, 6) is 1.86. The van der Waals surface area contributed by atoms with Crippen LogP contribution in [0.4, 0.5) is 11.4 Å². The zero-order valence-corrected chi connectivity index (χ0v) is 15.3. The van der Waals surface area contributed by atoms with Gasteiger partial charge in [-0.1, -0.05) is 24.3 Å². The first-order valence-corrected chi connectivity index (χ1v) is 9.55. The molecular formula is C21H29N3O2. The van der Waals surface area contributed by atoms with Crippen LogP contribution in [0, 0.1) is 0 Å². The predicted octanol–water partition coefficient (Wildman–Crippen LogP) is 3.74. The molecule has 0 atom stereocenters. The van der Waals surface area contributed by atoms with Crippen molar-refractivity contribution < 1.29 is 9.47 Å². The van der Waals surface area contributed by atoms with E-state index in [1.165, 1.54) is 0 Å². The minimum absolute atomic E-state index is 0.731. The highest BCUT2D eigenvalue weighted by Crippen LogP contribution is 2.25. The molecule has 5 nitrogen and oxygen atoms in total. The quantitative estimate of drug-likeness (QED) is 0.672. The van der Waals surface area contributed by atoms with E-state index in [-0.39, 0.29) is 0 Å². The number of nitrogens with one attached hydrogen (secondary N) is 3. The topological polar surface area (TPSA) is 54.5 Å². The van der Waals surface area contributed by atoms with E-state index >= 15 is 0 Å². The van der Waals surface area contributed by atoms with Crippen molar-refractivity contribution in [3.8, 4) is 11.5 Å². The fourth-order valence-corrected chi connectivity index (χ4v) is 2.92. The van der Waals surface area contributed by atoms with E-state index in [0.717, 1.165) is 81.5 Å². The van der Waals surface area contributed by atoms with Crippen LogP contribution in [0.1, 0.15) is 19.3 Å². The van der Waals surface area contributed by atoms with Gasteiger partial charge in [0.05, 0.1) is 24.6 Å². The third kappa shape index (κ3) is 5.85.